The first-order valence-electron chi connectivity index (χ1n) is 6.11. The lowest BCUT2D eigenvalue weighted by atomic mass is 10.2. The highest BCUT2D eigenvalue weighted by atomic mass is 16.5. The molecule has 0 amide bonds. The van der Waals surface area contributed by atoms with Gasteiger partial charge in [-0.25, -0.2) is 0 Å². The molecule has 0 spiro atoms. The fourth-order valence-corrected chi connectivity index (χ4v) is 1.99. The molecule has 1 aromatic rings. The van der Waals surface area contributed by atoms with Crippen LogP contribution in [0.2, 0.25) is 0 Å². The Balaban J connectivity index is 2.01. The number of nitrogens with zero attached hydrogens (tertiary/aromatic N) is 3. The van der Waals surface area contributed by atoms with Gasteiger partial charge in [-0.05, 0) is 6.92 Å². The SMILES string of the molecule is CCOC(=O)C1CNCCN1Cc1noc(C)n1. The van der Waals surface area contributed by atoms with Crippen LogP contribution in [0.4, 0.5) is 0 Å². The van der Waals surface area contributed by atoms with Crippen molar-refractivity contribution >= 4 is 5.97 Å². The van der Waals surface area contributed by atoms with Gasteiger partial charge in [0.1, 0.15) is 6.04 Å². The van der Waals surface area contributed by atoms with Gasteiger partial charge >= 0.3 is 5.97 Å². The molecule has 0 aromatic carbocycles. The molecule has 100 valence electrons. The van der Waals surface area contributed by atoms with E-state index in [0.29, 0.717) is 31.4 Å². The minimum absolute atomic E-state index is 0.204. The van der Waals surface area contributed by atoms with E-state index in [-0.39, 0.29) is 12.0 Å². The number of rotatable bonds is 4. The predicted octanol–water partition coefficient (Wildman–Crippen LogP) is -0.285. The summed E-state index contributed by atoms with van der Waals surface area (Å²) >= 11 is 0. The van der Waals surface area contributed by atoms with Crippen LogP contribution in [0.25, 0.3) is 0 Å². The second-order valence-corrected chi connectivity index (χ2v) is 4.17. The summed E-state index contributed by atoms with van der Waals surface area (Å²) in [6.07, 6.45) is 0. The predicted molar refractivity (Wildman–Crippen MR) is 62.7 cm³/mol. The third-order valence-electron chi connectivity index (χ3n) is 2.83. The van der Waals surface area contributed by atoms with Gasteiger partial charge in [0.05, 0.1) is 13.2 Å². The first kappa shape index (κ1) is 13.0. The van der Waals surface area contributed by atoms with Crippen LogP contribution in [0.3, 0.4) is 0 Å². The Morgan fingerprint density at radius 2 is 2.50 bits per heavy atom. The van der Waals surface area contributed by atoms with Crippen LogP contribution in [-0.4, -0.2) is 53.3 Å². The summed E-state index contributed by atoms with van der Waals surface area (Å²) < 4.78 is 10.00. The van der Waals surface area contributed by atoms with Gasteiger partial charge in [-0.1, -0.05) is 5.16 Å². The van der Waals surface area contributed by atoms with E-state index in [4.69, 9.17) is 9.26 Å². The van der Waals surface area contributed by atoms with E-state index in [1.807, 2.05) is 4.90 Å². The zero-order valence-corrected chi connectivity index (χ0v) is 10.7. The Hall–Kier alpha value is -1.47. The number of carbonyl (C=O) groups excluding carboxylic acids is 1. The average molecular weight is 254 g/mol. The molecule has 1 N–H and O–H groups in total. The lowest BCUT2D eigenvalue weighted by Crippen LogP contribution is -2.55. The average Bonchev–Trinajstić information content (AvgIpc) is 2.76. The van der Waals surface area contributed by atoms with Gasteiger partial charge in [-0.15, -0.1) is 0 Å². The quantitative estimate of drug-likeness (QED) is 0.740. The molecule has 0 bridgehead atoms. The van der Waals surface area contributed by atoms with Crippen molar-refractivity contribution in [1.29, 1.82) is 0 Å². The van der Waals surface area contributed by atoms with Crippen LogP contribution in [0.15, 0.2) is 4.52 Å². The summed E-state index contributed by atoms with van der Waals surface area (Å²) in [5.74, 6) is 0.932. The number of carbonyl (C=O) groups is 1. The molecule has 7 nitrogen and oxygen atoms in total. The fraction of sp³-hybridized carbons (Fsp3) is 0.727. The first-order valence-corrected chi connectivity index (χ1v) is 6.11. The van der Waals surface area contributed by atoms with Gasteiger partial charge in [0.15, 0.2) is 5.82 Å². The molecule has 1 aromatic heterocycles. The van der Waals surface area contributed by atoms with Crippen LogP contribution in [0, 0.1) is 6.92 Å². The van der Waals surface area contributed by atoms with Gasteiger partial charge < -0.3 is 14.6 Å². The largest absolute Gasteiger partial charge is 0.465 e. The van der Waals surface area contributed by atoms with Crippen LogP contribution in [-0.2, 0) is 16.1 Å². The van der Waals surface area contributed by atoms with E-state index in [9.17, 15) is 4.79 Å². The van der Waals surface area contributed by atoms with E-state index in [2.05, 4.69) is 15.5 Å². The van der Waals surface area contributed by atoms with Gasteiger partial charge in [0.2, 0.25) is 5.89 Å². The molecule has 2 heterocycles. The monoisotopic (exact) mass is 254 g/mol. The Morgan fingerprint density at radius 3 is 3.17 bits per heavy atom. The maximum Gasteiger partial charge on any atom is 0.324 e. The van der Waals surface area contributed by atoms with Crippen LogP contribution < -0.4 is 5.32 Å². The topological polar surface area (TPSA) is 80.5 Å². The minimum Gasteiger partial charge on any atom is -0.465 e. The summed E-state index contributed by atoms with van der Waals surface area (Å²) in [7, 11) is 0. The van der Waals surface area contributed by atoms with E-state index in [0.717, 1.165) is 13.1 Å². The normalized spacial score (nSPS) is 20.9. The zero-order valence-electron chi connectivity index (χ0n) is 10.7. The molecule has 2 rings (SSSR count). The highest BCUT2D eigenvalue weighted by Crippen LogP contribution is 2.10. The molecule has 0 aliphatic carbocycles. The molecule has 1 unspecified atom stereocenters. The summed E-state index contributed by atoms with van der Waals surface area (Å²) in [6, 6.07) is -0.280. The molecule has 1 atom stereocenters. The molecule has 18 heavy (non-hydrogen) atoms. The summed E-state index contributed by atoms with van der Waals surface area (Å²) in [5.41, 5.74) is 0. The number of aryl methyl sites for hydroxylation is 1. The summed E-state index contributed by atoms with van der Waals surface area (Å²) in [5, 5.41) is 7.04. The number of aromatic nitrogens is 2. The Bertz CT molecular complexity index is 407. The lowest BCUT2D eigenvalue weighted by Gasteiger charge is -2.33. The van der Waals surface area contributed by atoms with E-state index in [1.165, 1.54) is 0 Å². The summed E-state index contributed by atoms with van der Waals surface area (Å²) in [6.45, 7) is 6.64. The third-order valence-corrected chi connectivity index (χ3v) is 2.83. The van der Waals surface area contributed by atoms with Gasteiger partial charge in [-0.2, -0.15) is 4.98 Å². The molecule has 1 aliphatic heterocycles. The Morgan fingerprint density at radius 1 is 1.67 bits per heavy atom. The molecule has 1 saturated heterocycles. The van der Waals surface area contributed by atoms with Crippen LogP contribution in [0.5, 0.6) is 0 Å². The number of nitrogens with one attached hydrogen (secondary N) is 1. The molecule has 0 saturated carbocycles. The maximum absolute atomic E-state index is 11.8. The van der Waals surface area contributed by atoms with Crippen LogP contribution in [0.1, 0.15) is 18.6 Å². The highest BCUT2D eigenvalue weighted by molar-refractivity contribution is 5.76. The number of ether oxygens (including phenoxy) is 1. The van der Waals surface area contributed by atoms with Gasteiger partial charge in [0.25, 0.3) is 0 Å². The van der Waals surface area contributed by atoms with Crippen molar-refractivity contribution < 1.29 is 14.1 Å². The second kappa shape index (κ2) is 5.92. The van der Waals surface area contributed by atoms with Crippen molar-refractivity contribution in [3.63, 3.8) is 0 Å². The molecule has 0 radical (unpaired) electrons. The first-order chi connectivity index (χ1) is 8.70. The number of esters is 1. The van der Waals surface area contributed by atoms with E-state index in [1.54, 1.807) is 13.8 Å². The number of hydrogen-bond donors (Lipinski definition) is 1. The molecule has 1 aliphatic rings. The molecule has 1 fully saturated rings. The lowest BCUT2D eigenvalue weighted by molar-refractivity contribution is -0.150. The maximum atomic E-state index is 11.8. The van der Waals surface area contributed by atoms with E-state index < -0.39 is 0 Å². The Kier molecular flexibility index (Phi) is 4.27. The standard InChI is InChI=1S/C11H18N4O3/c1-3-17-11(16)9-6-12-4-5-15(9)7-10-13-8(2)18-14-10/h9,12H,3-7H2,1-2H3. The molecular formula is C11H18N4O3. The van der Waals surface area contributed by atoms with Gasteiger partial charge in [-0.3, -0.25) is 9.69 Å². The van der Waals surface area contributed by atoms with Crippen molar-refractivity contribution in [2.45, 2.75) is 26.4 Å². The second-order valence-electron chi connectivity index (χ2n) is 4.17. The molecular weight excluding hydrogens is 236 g/mol. The van der Waals surface area contributed by atoms with Crippen molar-refractivity contribution in [1.82, 2.24) is 20.4 Å². The fourth-order valence-electron chi connectivity index (χ4n) is 1.99. The smallest absolute Gasteiger partial charge is 0.324 e. The number of hydrogen-bond acceptors (Lipinski definition) is 7. The van der Waals surface area contributed by atoms with Crippen molar-refractivity contribution in [3.05, 3.63) is 11.7 Å². The van der Waals surface area contributed by atoms with Crippen LogP contribution >= 0.6 is 0 Å². The van der Waals surface area contributed by atoms with Crippen molar-refractivity contribution in [2.24, 2.45) is 0 Å². The van der Waals surface area contributed by atoms with Crippen molar-refractivity contribution in [3.8, 4) is 0 Å². The highest BCUT2D eigenvalue weighted by Gasteiger charge is 2.30. The minimum atomic E-state index is -0.280. The Labute approximate surface area is 105 Å². The number of piperazine rings is 1. The van der Waals surface area contributed by atoms with E-state index >= 15 is 0 Å². The van der Waals surface area contributed by atoms with Crippen molar-refractivity contribution in [2.75, 3.05) is 26.2 Å². The van der Waals surface area contributed by atoms with Gasteiger partial charge in [0, 0.05) is 26.6 Å². The summed E-state index contributed by atoms with van der Waals surface area (Å²) in [4.78, 5) is 18.0. The third kappa shape index (κ3) is 3.05. The molecule has 7 heteroatoms. The zero-order chi connectivity index (χ0) is 13.0.